The SMILES string of the molecule is Cc1cc(C)cc(N2C(=O)C(=O)/C(=C(\O)c3ccc(OC(C)C)c(C)c3)C2c2ccco2)c1. The van der Waals surface area contributed by atoms with Crippen LogP contribution in [0.5, 0.6) is 5.75 Å². The van der Waals surface area contributed by atoms with Gasteiger partial charge in [-0.1, -0.05) is 6.07 Å². The Morgan fingerprint density at radius 3 is 2.30 bits per heavy atom. The fraction of sp³-hybridized carbons (Fsp3) is 0.259. The Labute approximate surface area is 193 Å². The van der Waals surface area contributed by atoms with Crippen molar-refractivity contribution < 1.29 is 23.8 Å². The summed E-state index contributed by atoms with van der Waals surface area (Å²) >= 11 is 0. The second-order valence-corrected chi connectivity index (χ2v) is 8.68. The van der Waals surface area contributed by atoms with Crippen molar-refractivity contribution in [1.29, 1.82) is 0 Å². The van der Waals surface area contributed by atoms with E-state index in [-0.39, 0.29) is 17.4 Å². The van der Waals surface area contributed by atoms with Crippen molar-refractivity contribution in [3.05, 3.63) is 88.4 Å². The molecular formula is C27H27NO5. The maximum absolute atomic E-state index is 13.2. The molecule has 1 atom stereocenters. The Balaban J connectivity index is 1.88. The Hall–Kier alpha value is -3.80. The summed E-state index contributed by atoms with van der Waals surface area (Å²) in [6.07, 6.45) is 1.49. The summed E-state index contributed by atoms with van der Waals surface area (Å²) in [5.41, 5.74) is 3.73. The van der Waals surface area contributed by atoms with E-state index >= 15 is 0 Å². The molecule has 0 radical (unpaired) electrons. The molecule has 0 spiro atoms. The summed E-state index contributed by atoms with van der Waals surface area (Å²) < 4.78 is 11.4. The topological polar surface area (TPSA) is 80.0 Å². The zero-order chi connectivity index (χ0) is 23.9. The molecule has 0 aliphatic carbocycles. The van der Waals surface area contributed by atoms with Crippen molar-refractivity contribution in [2.24, 2.45) is 0 Å². The number of amides is 1. The van der Waals surface area contributed by atoms with Crippen LogP contribution < -0.4 is 9.64 Å². The molecule has 2 heterocycles. The molecule has 170 valence electrons. The highest BCUT2D eigenvalue weighted by Gasteiger charge is 2.48. The molecule has 2 aromatic carbocycles. The number of ether oxygens (including phenoxy) is 1. The number of rotatable bonds is 5. The number of aliphatic hydroxyl groups is 1. The highest BCUT2D eigenvalue weighted by Crippen LogP contribution is 2.43. The van der Waals surface area contributed by atoms with Crippen molar-refractivity contribution >= 4 is 23.1 Å². The third kappa shape index (κ3) is 4.16. The van der Waals surface area contributed by atoms with Crippen LogP contribution in [0.4, 0.5) is 5.69 Å². The number of benzene rings is 2. The first-order valence-corrected chi connectivity index (χ1v) is 10.9. The Morgan fingerprint density at radius 2 is 1.73 bits per heavy atom. The minimum absolute atomic E-state index is 0.00482. The number of hydrogen-bond acceptors (Lipinski definition) is 5. The van der Waals surface area contributed by atoms with Gasteiger partial charge < -0.3 is 14.3 Å². The van der Waals surface area contributed by atoms with Crippen LogP contribution in [-0.4, -0.2) is 22.9 Å². The predicted octanol–water partition coefficient (Wildman–Crippen LogP) is 5.62. The number of nitrogens with zero attached hydrogens (tertiary/aromatic N) is 1. The van der Waals surface area contributed by atoms with Gasteiger partial charge in [-0.2, -0.15) is 0 Å². The molecule has 6 heteroatoms. The van der Waals surface area contributed by atoms with Gasteiger partial charge in [0.25, 0.3) is 11.7 Å². The lowest BCUT2D eigenvalue weighted by molar-refractivity contribution is -0.132. The van der Waals surface area contributed by atoms with Crippen molar-refractivity contribution in [1.82, 2.24) is 0 Å². The normalized spacial score (nSPS) is 17.8. The molecule has 4 rings (SSSR count). The number of carbonyl (C=O) groups is 2. The van der Waals surface area contributed by atoms with E-state index < -0.39 is 17.7 Å². The van der Waals surface area contributed by atoms with Gasteiger partial charge in [-0.25, -0.2) is 0 Å². The standard InChI is InChI=1S/C27H27NO5/c1-15(2)33-21-9-8-19(14-18(21)5)25(29)23-24(22-7-6-10-32-22)28(27(31)26(23)30)20-12-16(3)11-17(4)13-20/h6-15,24,29H,1-5H3/b25-23-. The number of aliphatic hydroxyl groups excluding tert-OH is 1. The van der Waals surface area contributed by atoms with E-state index in [2.05, 4.69) is 0 Å². The van der Waals surface area contributed by atoms with Crippen molar-refractivity contribution in [3.8, 4) is 5.75 Å². The molecular weight excluding hydrogens is 418 g/mol. The highest BCUT2D eigenvalue weighted by atomic mass is 16.5. The maximum Gasteiger partial charge on any atom is 0.300 e. The predicted molar refractivity (Wildman–Crippen MR) is 126 cm³/mol. The van der Waals surface area contributed by atoms with Crippen LogP contribution in [0.2, 0.25) is 0 Å². The van der Waals surface area contributed by atoms with Gasteiger partial charge in [-0.3, -0.25) is 14.5 Å². The number of furan rings is 1. The van der Waals surface area contributed by atoms with Crippen molar-refractivity contribution in [2.75, 3.05) is 4.90 Å². The molecule has 1 unspecified atom stereocenters. The molecule has 33 heavy (non-hydrogen) atoms. The molecule has 1 saturated heterocycles. The van der Waals surface area contributed by atoms with E-state index in [1.54, 1.807) is 30.3 Å². The van der Waals surface area contributed by atoms with Gasteiger partial charge in [-0.05, 0) is 93.8 Å². The molecule has 0 bridgehead atoms. The smallest absolute Gasteiger partial charge is 0.300 e. The van der Waals surface area contributed by atoms with E-state index in [0.29, 0.717) is 22.8 Å². The van der Waals surface area contributed by atoms with E-state index in [9.17, 15) is 14.7 Å². The van der Waals surface area contributed by atoms with Gasteiger partial charge in [0.1, 0.15) is 23.3 Å². The lowest BCUT2D eigenvalue weighted by Crippen LogP contribution is -2.29. The summed E-state index contributed by atoms with van der Waals surface area (Å²) in [4.78, 5) is 27.8. The number of carbonyl (C=O) groups excluding carboxylic acids is 2. The molecule has 1 aliphatic heterocycles. The van der Waals surface area contributed by atoms with Gasteiger partial charge in [0.2, 0.25) is 0 Å². The molecule has 3 aromatic rings. The third-order valence-electron chi connectivity index (χ3n) is 5.55. The fourth-order valence-corrected chi connectivity index (χ4v) is 4.24. The highest BCUT2D eigenvalue weighted by molar-refractivity contribution is 6.51. The summed E-state index contributed by atoms with van der Waals surface area (Å²) in [6, 6.07) is 13.4. The van der Waals surface area contributed by atoms with Crippen molar-refractivity contribution in [2.45, 2.75) is 46.8 Å². The number of Topliss-reactive ketones (excluding diaryl/α,β-unsaturated/α-hetero) is 1. The minimum atomic E-state index is -0.881. The number of hydrogen-bond donors (Lipinski definition) is 1. The average molecular weight is 446 g/mol. The minimum Gasteiger partial charge on any atom is -0.507 e. The monoisotopic (exact) mass is 445 g/mol. The van der Waals surface area contributed by atoms with Crippen molar-refractivity contribution in [3.63, 3.8) is 0 Å². The van der Waals surface area contributed by atoms with Gasteiger partial charge in [-0.15, -0.1) is 0 Å². The largest absolute Gasteiger partial charge is 0.507 e. The number of anilines is 1. The number of ketones is 1. The molecule has 1 amide bonds. The molecule has 6 nitrogen and oxygen atoms in total. The lowest BCUT2D eigenvalue weighted by Gasteiger charge is -2.24. The van der Waals surface area contributed by atoms with Crippen LogP contribution >= 0.6 is 0 Å². The zero-order valence-corrected chi connectivity index (χ0v) is 19.4. The first kappa shape index (κ1) is 22.4. The summed E-state index contributed by atoms with van der Waals surface area (Å²) in [5, 5.41) is 11.2. The fourth-order valence-electron chi connectivity index (χ4n) is 4.24. The van der Waals surface area contributed by atoms with E-state index in [0.717, 1.165) is 16.7 Å². The van der Waals surface area contributed by atoms with Crippen LogP contribution in [0.1, 0.15) is 47.9 Å². The second-order valence-electron chi connectivity index (χ2n) is 8.68. The first-order chi connectivity index (χ1) is 15.7. The number of aryl methyl sites for hydroxylation is 3. The van der Waals surface area contributed by atoms with Gasteiger partial charge in [0.15, 0.2) is 0 Å². The molecule has 1 fully saturated rings. The third-order valence-corrected chi connectivity index (χ3v) is 5.55. The van der Waals surface area contributed by atoms with E-state index in [4.69, 9.17) is 9.15 Å². The summed E-state index contributed by atoms with van der Waals surface area (Å²) in [6.45, 7) is 9.60. The molecule has 1 N–H and O–H groups in total. The Morgan fingerprint density at radius 1 is 1.03 bits per heavy atom. The van der Waals surface area contributed by atoms with Gasteiger partial charge in [0.05, 0.1) is 17.9 Å². The molecule has 1 aromatic heterocycles. The quantitative estimate of drug-likeness (QED) is 0.313. The zero-order valence-electron chi connectivity index (χ0n) is 19.4. The average Bonchev–Trinajstić information content (AvgIpc) is 3.35. The van der Waals surface area contributed by atoms with Crippen LogP contribution in [0.15, 0.2) is 64.8 Å². The maximum atomic E-state index is 13.2. The summed E-state index contributed by atoms with van der Waals surface area (Å²) in [7, 11) is 0. The Kier molecular flexibility index (Phi) is 5.85. The van der Waals surface area contributed by atoms with Crippen LogP contribution in [0.25, 0.3) is 5.76 Å². The van der Waals surface area contributed by atoms with Gasteiger partial charge >= 0.3 is 0 Å². The first-order valence-electron chi connectivity index (χ1n) is 10.9. The molecule has 1 aliphatic rings. The summed E-state index contributed by atoms with van der Waals surface area (Å²) in [5.74, 6) is -0.625. The Bertz CT molecular complexity index is 1230. The second kappa shape index (κ2) is 8.62. The van der Waals surface area contributed by atoms with Crippen LogP contribution in [0, 0.1) is 20.8 Å². The van der Waals surface area contributed by atoms with Gasteiger partial charge in [0, 0.05) is 11.3 Å². The van der Waals surface area contributed by atoms with Crippen LogP contribution in [0.3, 0.4) is 0 Å². The molecule has 0 saturated carbocycles. The van der Waals surface area contributed by atoms with E-state index in [1.165, 1.54) is 11.2 Å². The van der Waals surface area contributed by atoms with Crippen LogP contribution in [-0.2, 0) is 9.59 Å². The lowest BCUT2D eigenvalue weighted by atomic mass is 9.98. The van der Waals surface area contributed by atoms with E-state index in [1.807, 2.05) is 52.8 Å².